The second-order valence-electron chi connectivity index (χ2n) is 8.54. The highest BCUT2D eigenvalue weighted by Crippen LogP contribution is 2.34. The highest BCUT2D eigenvalue weighted by atomic mass is 32.2. The molecule has 2 heterocycles. The van der Waals surface area contributed by atoms with Crippen molar-refractivity contribution in [3.63, 3.8) is 0 Å². The Morgan fingerprint density at radius 2 is 1.78 bits per heavy atom. The molecule has 9 nitrogen and oxygen atoms in total. The van der Waals surface area contributed by atoms with Crippen molar-refractivity contribution in [2.75, 3.05) is 18.5 Å². The zero-order valence-corrected chi connectivity index (χ0v) is 19.6. The molecule has 32 heavy (non-hydrogen) atoms. The number of rotatable bonds is 7. The summed E-state index contributed by atoms with van der Waals surface area (Å²) in [7, 11) is -4.33. The van der Waals surface area contributed by atoms with Gasteiger partial charge in [-0.05, 0) is 42.0 Å². The summed E-state index contributed by atoms with van der Waals surface area (Å²) in [5.41, 5.74) is 0.488. The van der Waals surface area contributed by atoms with E-state index in [9.17, 15) is 22.7 Å². The van der Waals surface area contributed by atoms with E-state index in [1.165, 1.54) is 22.9 Å². The van der Waals surface area contributed by atoms with Crippen LogP contribution >= 0.6 is 0 Å². The molecule has 3 N–H and O–H groups in total. The van der Waals surface area contributed by atoms with Gasteiger partial charge in [0.15, 0.2) is 10.6 Å². The summed E-state index contributed by atoms with van der Waals surface area (Å²) < 4.78 is 48.1. The predicted molar refractivity (Wildman–Crippen MR) is 117 cm³/mol. The van der Waals surface area contributed by atoms with Crippen LogP contribution < -0.4 is 10.0 Å². The third kappa shape index (κ3) is 4.64. The third-order valence-corrected chi connectivity index (χ3v) is 6.57. The Labute approximate surface area is 187 Å². The van der Waals surface area contributed by atoms with Crippen LogP contribution in [0.4, 0.5) is 14.9 Å². The molecular weight excluding hydrogens is 439 g/mol. The number of amides is 2. The van der Waals surface area contributed by atoms with Gasteiger partial charge in [0, 0.05) is 18.3 Å². The molecule has 1 aromatic carbocycles. The summed E-state index contributed by atoms with van der Waals surface area (Å²) in [5, 5.41) is 16.7. The molecule has 0 unspecified atom stereocenters. The van der Waals surface area contributed by atoms with E-state index in [1.807, 2.05) is 32.4 Å². The lowest BCUT2D eigenvalue weighted by Gasteiger charge is -2.36. The van der Waals surface area contributed by atoms with Crippen LogP contribution in [0, 0.1) is 5.82 Å². The topological polar surface area (TPSA) is 123 Å². The van der Waals surface area contributed by atoms with Crippen LogP contribution in [0.3, 0.4) is 0 Å². The average Bonchev–Trinajstić information content (AvgIpc) is 3.12. The summed E-state index contributed by atoms with van der Waals surface area (Å²) in [6.45, 7) is 9.56. The molecule has 1 saturated heterocycles. The van der Waals surface area contributed by atoms with E-state index in [4.69, 9.17) is 4.74 Å². The largest absolute Gasteiger partial charge is 0.379 e. The first-order valence-electron chi connectivity index (χ1n) is 10.4. The minimum Gasteiger partial charge on any atom is -0.379 e. The number of aromatic nitrogens is 2. The van der Waals surface area contributed by atoms with Crippen LogP contribution in [0.2, 0.25) is 0 Å². The zero-order chi connectivity index (χ0) is 23.8. The van der Waals surface area contributed by atoms with Crippen molar-refractivity contribution in [3.05, 3.63) is 40.8 Å². The molecule has 2 amide bonds. The Bertz CT molecular complexity index is 1090. The van der Waals surface area contributed by atoms with Crippen LogP contribution in [0.25, 0.3) is 0 Å². The maximum absolute atomic E-state index is 14.1. The molecule has 0 radical (unpaired) electrons. The number of sulfonamides is 1. The first-order chi connectivity index (χ1) is 14.9. The number of ether oxygens (including phenoxy) is 1. The van der Waals surface area contributed by atoms with Gasteiger partial charge in [0.2, 0.25) is 0 Å². The van der Waals surface area contributed by atoms with Gasteiger partial charge in [-0.15, -0.1) is 0 Å². The van der Waals surface area contributed by atoms with Gasteiger partial charge in [-0.3, -0.25) is 4.68 Å². The van der Waals surface area contributed by atoms with Crippen molar-refractivity contribution < 1.29 is 27.4 Å². The first-order valence-corrected chi connectivity index (χ1v) is 11.9. The maximum atomic E-state index is 14.1. The number of aliphatic hydroxyl groups is 1. The molecule has 1 aliphatic heterocycles. The summed E-state index contributed by atoms with van der Waals surface area (Å²) in [6, 6.07) is 2.91. The molecule has 1 aromatic heterocycles. The fourth-order valence-corrected chi connectivity index (χ4v) is 4.47. The number of benzene rings is 1. The van der Waals surface area contributed by atoms with E-state index < -0.39 is 32.5 Å². The lowest BCUT2D eigenvalue weighted by Crippen LogP contribution is -2.48. The van der Waals surface area contributed by atoms with Gasteiger partial charge in [0.05, 0.1) is 18.9 Å². The van der Waals surface area contributed by atoms with Gasteiger partial charge < -0.3 is 15.2 Å². The molecule has 1 fully saturated rings. The van der Waals surface area contributed by atoms with E-state index >= 15 is 0 Å². The average molecular weight is 469 g/mol. The molecular formula is C21H29FN4O5S. The summed E-state index contributed by atoms with van der Waals surface area (Å²) >= 11 is 0. The van der Waals surface area contributed by atoms with Crippen LogP contribution in [0.1, 0.15) is 63.3 Å². The molecule has 2 aromatic rings. The number of hydrogen-bond acceptors (Lipinski definition) is 6. The number of nitrogens with zero attached hydrogens (tertiary/aromatic N) is 2. The monoisotopic (exact) mass is 468 g/mol. The van der Waals surface area contributed by atoms with Crippen molar-refractivity contribution in [2.24, 2.45) is 0 Å². The number of carbonyl (C=O) groups is 1. The Morgan fingerprint density at radius 1 is 1.22 bits per heavy atom. The van der Waals surface area contributed by atoms with E-state index in [-0.39, 0.29) is 25.0 Å². The molecule has 0 atom stereocenters. The normalized spacial score (nSPS) is 15.7. The highest BCUT2D eigenvalue weighted by molar-refractivity contribution is 7.90. The minimum absolute atomic E-state index is 0.0343. The SMILES string of the molecule is CCn1nc(S(=O)(=O)NC(=O)Nc2c(C(C)C)cc(F)cc2C(C)C)cc1C1(O)COC1. The Balaban J connectivity index is 1.88. The number of aryl methyl sites for hydroxylation is 1. The maximum Gasteiger partial charge on any atom is 0.333 e. The van der Waals surface area contributed by atoms with Crippen molar-refractivity contribution in [2.45, 2.75) is 63.6 Å². The zero-order valence-electron chi connectivity index (χ0n) is 18.8. The van der Waals surface area contributed by atoms with Crippen LogP contribution in [-0.2, 0) is 26.9 Å². The quantitative estimate of drug-likeness (QED) is 0.574. The summed E-state index contributed by atoms with van der Waals surface area (Å²) in [5.74, 6) is -0.641. The van der Waals surface area contributed by atoms with E-state index in [0.29, 0.717) is 29.1 Å². The molecule has 176 valence electrons. The number of halogens is 1. The van der Waals surface area contributed by atoms with E-state index in [0.717, 1.165) is 0 Å². The van der Waals surface area contributed by atoms with Crippen LogP contribution in [0.15, 0.2) is 23.2 Å². The smallest absolute Gasteiger partial charge is 0.333 e. The van der Waals surface area contributed by atoms with E-state index in [1.54, 1.807) is 6.92 Å². The Morgan fingerprint density at radius 3 is 2.22 bits per heavy atom. The molecule has 11 heteroatoms. The van der Waals surface area contributed by atoms with Crippen molar-refractivity contribution in [3.8, 4) is 0 Å². The van der Waals surface area contributed by atoms with Gasteiger partial charge in [-0.1, -0.05) is 27.7 Å². The van der Waals surface area contributed by atoms with Gasteiger partial charge in [0.1, 0.15) is 5.82 Å². The molecule has 1 aliphatic rings. The number of urea groups is 1. The van der Waals surface area contributed by atoms with Gasteiger partial charge in [0.25, 0.3) is 10.0 Å². The number of hydrogen-bond donors (Lipinski definition) is 3. The van der Waals surface area contributed by atoms with Gasteiger partial charge in [-0.2, -0.15) is 13.5 Å². The Kier molecular flexibility index (Phi) is 6.64. The van der Waals surface area contributed by atoms with Crippen LogP contribution in [0.5, 0.6) is 0 Å². The number of carbonyl (C=O) groups excluding carboxylic acids is 1. The van der Waals surface area contributed by atoms with Gasteiger partial charge >= 0.3 is 6.03 Å². The minimum atomic E-state index is -4.33. The van der Waals surface area contributed by atoms with Crippen molar-refractivity contribution >= 4 is 21.7 Å². The van der Waals surface area contributed by atoms with Crippen LogP contribution in [-0.4, -0.2) is 42.5 Å². The van der Waals surface area contributed by atoms with Crippen molar-refractivity contribution in [1.82, 2.24) is 14.5 Å². The molecule has 0 spiro atoms. The third-order valence-electron chi connectivity index (χ3n) is 5.36. The molecule has 0 aliphatic carbocycles. The second-order valence-corrected chi connectivity index (χ2v) is 10.2. The Hall–Kier alpha value is -2.50. The summed E-state index contributed by atoms with van der Waals surface area (Å²) in [6.07, 6.45) is 0. The van der Waals surface area contributed by atoms with E-state index in [2.05, 4.69) is 10.4 Å². The number of nitrogens with one attached hydrogen (secondary N) is 2. The molecule has 0 bridgehead atoms. The highest BCUT2D eigenvalue weighted by Gasteiger charge is 2.42. The van der Waals surface area contributed by atoms with Crippen molar-refractivity contribution in [1.29, 1.82) is 0 Å². The lowest BCUT2D eigenvalue weighted by atomic mass is 9.92. The molecule has 3 rings (SSSR count). The number of anilines is 1. The predicted octanol–water partition coefficient (Wildman–Crippen LogP) is 3.02. The fourth-order valence-electron chi connectivity index (χ4n) is 3.60. The first kappa shape index (κ1) is 24.1. The van der Waals surface area contributed by atoms with Gasteiger partial charge in [-0.25, -0.2) is 13.9 Å². The summed E-state index contributed by atoms with van der Waals surface area (Å²) in [4.78, 5) is 12.7. The molecule has 0 saturated carbocycles. The lowest BCUT2D eigenvalue weighted by molar-refractivity contribution is -0.188. The second kappa shape index (κ2) is 8.80. The standard InChI is InChI=1S/C21H29FN4O5S/c1-6-26-17(21(28)10-31-11-21)9-18(24-26)32(29,30)25-20(27)23-19-15(12(2)3)7-14(22)8-16(19)13(4)5/h7-9,12-13,28H,6,10-11H2,1-5H3,(H2,23,25,27). The fraction of sp³-hybridized carbons (Fsp3) is 0.524.